The van der Waals surface area contributed by atoms with E-state index in [2.05, 4.69) is 0 Å². The number of benzene rings is 9. The summed E-state index contributed by atoms with van der Waals surface area (Å²) in [5.41, 5.74) is -5.52. The summed E-state index contributed by atoms with van der Waals surface area (Å²) in [5, 5.41) is -1.58. The normalized spacial score (nSPS) is 18.5. The van der Waals surface area contributed by atoms with E-state index in [-0.39, 0.29) is 16.7 Å². The van der Waals surface area contributed by atoms with E-state index in [1.165, 1.54) is 12.1 Å². The Labute approximate surface area is 339 Å². The highest BCUT2D eigenvalue weighted by Crippen LogP contribution is 2.44. The number of anilines is 3. The van der Waals surface area contributed by atoms with E-state index in [1.807, 2.05) is 0 Å². The topological polar surface area (TPSA) is 16.4 Å². The maximum atomic E-state index is 9.66. The van der Waals surface area contributed by atoms with Gasteiger partial charge in [0.2, 0.25) is 0 Å². The average molecular weight is 690 g/mol. The van der Waals surface area contributed by atoms with Crippen molar-refractivity contribution in [3.05, 3.63) is 200 Å². The third kappa shape index (κ3) is 5.12. The maximum absolute atomic E-state index is 9.66. The van der Waals surface area contributed by atoms with Crippen LogP contribution in [0.4, 0.5) is 17.1 Å². The predicted molar refractivity (Wildman–Crippen MR) is 220 cm³/mol. The van der Waals surface area contributed by atoms with Crippen molar-refractivity contribution in [2.75, 3.05) is 4.90 Å². The van der Waals surface area contributed by atoms with Crippen molar-refractivity contribution in [2.24, 2.45) is 0 Å². The number of furan rings is 1. The van der Waals surface area contributed by atoms with E-state index < -0.39 is 223 Å². The van der Waals surface area contributed by atoms with Crippen LogP contribution in [-0.4, -0.2) is 0 Å². The van der Waals surface area contributed by atoms with Crippen LogP contribution in [0.1, 0.15) is 35.6 Å². The zero-order valence-electron chi connectivity index (χ0n) is 52.4. The fourth-order valence-electron chi connectivity index (χ4n) is 5.94. The molecule has 0 saturated heterocycles. The molecule has 2 heteroatoms. The minimum atomic E-state index is -1.02. The van der Waals surface area contributed by atoms with Gasteiger partial charge in [-0.1, -0.05) is 157 Å². The third-order valence-electron chi connectivity index (χ3n) is 8.29. The largest absolute Gasteiger partial charge is 0.456 e. The highest BCUT2D eigenvalue weighted by atomic mass is 16.3. The minimum Gasteiger partial charge on any atom is -0.456 e. The molecule has 10 rings (SSSR count). The predicted octanol–water partition coefficient (Wildman–Crippen LogP) is 14.4. The molecule has 0 atom stereocenters. The lowest BCUT2D eigenvalue weighted by molar-refractivity contribution is 0.669. The van der Waals surface area contributed by atoms with Crippen LogP contribution in [0.25, 0.3) is 76.9 Å². The van der Waals surface area contributed by atoms with Gasteiger partial charge >= 0.3 is 0 Å². The number of fused-ring (bicyclic) bond motifs is 5. The Morgan fingerprint density at radius 1 is 0.385 bits per heavy atom. The number of hydrogen-bond acceptors (Lipinski definition) is 2. The average Bonchev–Trinajstić information content (AvgIpc) is 3.84. The summed E-state index contributed by atoms with van der Waals surface area (Å²) >= 11 is 0. The molecule has 0 N–H and O–H groups in total. The van der Waals surface area contributed by atoms with Crippen LogP contribution in [0.15, 0.2) is 204 Å². The van der Waals surface area contributed by atoms with Crippen LogP contribution in [0.3, 0.4) is 0 Å². The summed E-state index contributed by atoms with van der Waals surface area (Å²) in [5.74, 6) is 0. The summed E-state index contributed by atoms with van der Waals surface area (Å²) in [6, 6.07) is -12.4. The number of nitrogens with zero attached hydrogens (tertiary/aromatic N) is 1. The molecule has 0 unspecified atom stereocenters. The molecule has 52 heavy (non-hydrogen) atoms. The first kappa shape index (κ1) is 13.7. The standard InChI is InChI=1S/C50H33NO/c1-3-14-42-36(10-1)12-7-17-44(42)38-24-22-34(23-25-38)35-26-30-40(31-27-35)51(47-19-9-21-49-50(47)46-16-5-6-20-48(46)52-49)41-32-28-39(29-33-41)45-18-8-13-37-11-2-4-15-43(37)45/h1-33H/i1D,2D,3D,4D,7D,8D,10D,11D,12D,13D,14D,15D,17D,18D,22D,23D,24D,25D,26D,27D,28D,29D,30D,31D,32D,33D. The first-order valence-corrected chi connectivity index (χ1v) is 15.7. The van der Waals surface area contributed by atoms with Crippen molar-refractivity contribution in [3.8, 4) is 33.4 Å². The highest BCUT2D eigenvalue weighted by molar-refractivity contribution is 6.13. The maximum Gasteiger partial charge on any atom is 0.137 e. The molecular formula is C50H33NO. The first-order valence-electron chi connectivity index (χ1n) is 28.7. The Morgan fingerprint density at radius 2 is 0.865 bits per heavy atom. The number of rotatable bonds is 6. The molecule has 0 amide bonds. The Kier molecular flexibility index (Phi) is 3.27. The summed E-state index contributed by atoms with van der Waals surface area (Å²) < 4.78 is 240. The highest BCUT2D eigenvalue weighted by Gasteiger charge is 2.19. The SMILES string of the molecule is [2H]c1c([2H])c(-c2c([2H])c([2H])c([2H])c3c([2H])c([2H])c([2H])c([2H])c23)c([2H])c([2H])c1-c1c([2H])c([2H])c(N(c2c([2H])c([2H])c(-c3c([2H])c([2H])c([2H])c4c([2H])c([2H])c([2H])c([2H])c34)c([2H])c2[2H])c2cccc3oc4ccccc4c23)c([2H])c1[2H]. The molecule has 0 aliphatic carbocycles. The second-order valence-corrected chi connectivity index (χ2v) is 11.3. The van der Waals surface area contributed by atoms with Gasteiger partial charge in [-0.15, -0.1) is 0 Å². The van der Waals surface area contributed by atoms with E-state index in [1.54, 1.807) is 30.3 Å². The smallest absolute Gasteiger partial charge is 0.137 e. The fraction of sp³-hybridized carbons (Fsp3) is 0. The van der Waals surface area contributed by atoms with E-state index in [0.29, 0.717) is 11.0 Å². The minimum absolute atomic E-state index is 0.107. The van der Waals surface area contributed by atoms with E-state index in [9.17, 15) is 16.4 Å². The molecule has 0 bridgehead atoms. The lowest BCUT2D eigenvalue weighted by Gasteiger charge is -2.26. The lowest BCUT2D eigenvalue weighted by atomic mass is 9.96. The second kappa shape index (κ2) is 12.5. The van der Waals surface area contributed by atoms with Crippen LogP contribution in [0.2, 0.25) is 0 Å². The van der Waals surface area contributed by atoms with Gasteiger partial charge in [-0.05, 0) is 97.3 Å². The molecule has 0 spiro atoms. The molecule has 9 aromatic carbocycles. The van der Waals surface area contributed by atoms with Crippen molar-refractivity contribution in [2.45, 2.75) is 0 Å². The Hall–Kier alpha value is -6.90. The molecule has 0 radical (unpaired) electrons. The molecule has 10 aromatic rings. The van der Waals surface area contributed by atoms with Gasteiger partial charge in [-0.3, -0.25) is 0 Å². The van der Waals surface area contributed by atoms with Crippen LogP contribution in [-0.2, 0) is 0 Å². The summed E-state index contributed by atoms with van der Waals surface area (Å²) in [7, 11) is 0. The Balaban J connectivity index is 1.29. The third-order valence-corrected chi connectivity index (χ3v) is 8.29. The molecule has 2 nitrogen and oxygen atoms in total. The van der Waals surface area contributed by atoms with Gasteiger partial charge < -0.3 is 9.32 Å². The lowest BCUT2D eigenvalue weighted by Crippen LogP contribution is -2.10. The van der Waals surface area contributed by atoms with E-state index >= 15 is 0 Å². The van der Waals surface area contributed by atoms with Crippen molar-refractivity contribution in [3.63, 3.8) is 0 Å². The second-order valence-electron chi connectivity index (χ2n) is 11.3. The van der Waals surface area contributed by atoms with Crippen LogP contribution >= 0.6 is 0 Å². The first-order chi connectivity index (χ1) is 36.6. The summed E-state index contributed by atoms with van der Waals surface area (Å²) in [6.45, 7) is 0. The van der Waals surface area contributed by atoms with Gasteiger partial charge in [0.05, 0.1) is 46.7 Å². The van der Waals surface area contributed by atoms with Crippen molar-refractivity contribution < 1.29 is 40.1 Å². The van der Waals surface area contributed by atoms with Gasteiger partial charge in [0.25, 0.3) is 0 Å². The van der Waals surface area contributed by atoms with Gasteiger partial charge in [0, 0.05) is 16.8 Å². The van der Waals surface area contributed by atoms with E-state index in [4.69, 9.17) is 23.6 Å². The van der Waals surface area contributed by atoms with Crippen LogP contribution < -0.4 is 4.90 Å². The Bertz CT molecular complexity index is 4310. The molecular weight excluding hydrogens is 631 g/mol. The van der Waals surface area contributed by atoms with E-state index in [0.717, 1.165) is 4.90 Å². The van der Waals surface area contributed by atoms with Crippen LogP contribution in [0, 0.1) is 0 Å². The number of para-hydroxylation sites is 1. The molecule has 244 valence electrons. The van der Waals surface area contributed by atoms with Gasteiger partial charge in [-0.25, -0.2) is 0 Å². The van der Waals surface area contributed by atoms with Gasteiger partial charge in [0.1, 0.15) is 11.2 Å². The molecule has 1 aromatic heterocycles. The fourth-order valence-corrected chi connectivity index (χ4v) is 5.94. The van der Waals surface area contributed by atoms with Gasteiger partial charge in [0.15, 0.2) is 0 Å². The van der Waals surface area contributed by atoms with Crippen molar-refractivity contribution in [1.29, 1.82) is 0 Å². The zero-order valence-corrected chi connectivity index (χ0v) is 26.4. The molecule has 0 fully saturated rings. The molecule has 1 heterocycles. The summed E-state index contributed by atoms with van der Waals surface area (Å²) in [4.78, 5) is 0.906. The van der Waals surface area contributed by atoms with Gasteiger partial charge in [-0.2, -0.15) is 0 Å². The quantitative estimate of drug-likeness (QED) is 0.173. The summed E-state index contributed by atoms with van der Waals surface area (Å²) in [6.07, 6.45) is 0. The monoisotopic (exact) mass is 689 g/mol. The molecule has 0 saturated carbocycles. The number of hydrogen-bond donors (Lipinski definition) is 0. The van der Waals surface area contributed by atoms with Crippen molar-refractivity contribution in [1.82, 2.24) is 0 Å². The Morgan fingerprint density at radius 3 is 1.48 bits per heavy atom. The van der Waals surface area contributed by atoms with Crippen LogP contribution in [0.5, 0.6) is 0 Å². The zero-order chi connectivity index (χ0) is 57.1. The molecule has 0 aliphatic rings. The molecule has 0 aliphatic heterocycles. The van der Waals surface area contributed by atoms with Crippen molar-refractivity contribution >= 4 is 60.5 Å².